The molecule has 1 aliphatic heterocycles. The van der Waals surface area contributed by atoms with Crippen LogP contribution in [0, 0.1) is 0 Å². The van der Waals surface area contributed by atoms with Crippen molar-refractivity contribution < 1.29 is 42.1 Å². The molecule has 0 unspecified atom stereocenters. The number of halogens is 5. The molecule has 0 saturated carbocycles. The summed E-state index contributed by atoms with van der Waals surface area (Å²) in [4.78, 5) is 49.8. The summed E-state index contributed by atoms with van der Waals surface area (Å²) < 4.78 is 42.6. The number of amides is 3. The summed E-state index contributed by atoms with van der Waals surface area (Å²) in [5, 5.41) is 13.4. The first kappa shape index (κ1) is 40.6. The number of ether oxygens (including phenoxy) is 2. The van der Waals surface area contributed by atoms with Crippen LogP contribution in [-0.4, -0.2) is 84.5 Å². The third kappa shape index (κ3) is 10.4. The number of carboxylic acids is 1. The number of aliphatic carboxylic acids is 1. The van der Waals surface area contributed by atoms with Crippen molar-refractivity contribution in [3.63, 3.8) is 0 Å². The average molecular weight is 757 g/mol. The molecule has 3 aromatic rings. The topological polar surface area (TPSA) is 149 Å². The van der Waals surface area contributed by atoms with E-state index in [0.717, 1.165) is 32.5 Å². The predicted molar refractivity (Wildman–Crippen MR) is 190 cm³/mol. The Kier molecular flexibility index (Phi) is 14.7. The summed E-state index contributed by atoms with van der Waals surface area (Å²) in [6, 6.07) is 7.93. The Bertz CT molecular complexity index is 1700. The lowest BCUT2D eigenvalue weighted by atomic mass is 10.1. The molecule has 1 aromatic heterocycles. The zero-order chi connectivity index (χ0) is 37.9. The zero-order valence-electron chi connectivity index (χ0n) is 28.3. The fraction of sp³-hybridized carbons (Fsp3) is 0.364. The van der Waals surface area contributed by atoms with Gasteiger partial charge in [0.2, 0.25) is 11.9 Å². The quantitative estimate of drug-likeness (QED) is 0.112. The molecule has 2 aromatic carbocycles. The van der Waals surface area contributed by atoms with Gasteiger partial charge in [-0.25, -0.2) is 19.5 Å². The maximum atomic E-state index is 14.4. The van der Waals surface area contributed by atoms with E-state index in [1.54, 1.807) is 36.5 Å². The van der Waals surface area contributed by atoms with Gasteiger partial charge in [-0.1, -0.05) is 49.7 Å². The minimum absolute atomic E-state index is 0.0808. The molecule has 3 N–H and O–H groups in total. The van der Waals surface area contributed by atoms with Crippen LogP contribution in [-0.2, 0) is 16.1 Å². The number of carbonyl (C=O) groups excluding carboxylic acids is 2. The molecule has 0 bridgehead atoms. The number of hydrogen-bond acceptors (Lipinski definition) is 9. The third-order valence-corrected chi connectivity index (χ3v) is 8.23. The van der Waals surface area contributed by atoms with Crippen LogP contribution in [0.15, 0.2) is 49.2 Å². The summed E-state index contributed by atoms with van der Waals surface area (Å²) in [6.45, 7) is 11.7. The lowest BCUT2D eigenvalue weighted by Gasteiger charge is -2.37. The van der Waals surface area contributed by atoms with E-state index in [0.29, 0.717) is 46.7 Å². The van der Waals surface area contributed by atoms with Crippen LogP contribution in [0.1, 0.15) is 32.3 Å². The molecule has 0 spiro atoms. The Morgan fingerprint density at radius 2 is 1.73 bits per heavy atom. The lowest BCUT2D eigenvalue weighted by Crippen LogP contribution is -2.46. The second-order valence-electron chi connectivity index (χ2n) is 10.7. The van der Waals surface area contributed by atoms with Crippen molar-refractivity contribution in [3.8, 4) is 11.5 Å². The SMILES string of the molecule is C=CC(=O)Nc1cccc(N2C(=O)N(c3c(Cl)c(OC)cc(OC)c3Cl)Cc3cnc(NCCCCN(CC)CC)nc32)c1.O=C(O)C(F)(F)F. The molecule has 18 heteroatoms. The number of carbonyl (C=O) groups is 3. The number of aromatic nitrogens is 2. The van der Waals surface area contributed by atoms with E-state index in [4.69, 9.17) is 47.6 Å². The van der Waals surface area contributed by atoms with Crippen LogP contribution >= 0.6 is 23.2 Å². The Morgan fingerprint density at radius 3 is 2.27 bits per heavy atom. The molecule has 0 fully saturated rings. The summed E-state index contributed by atoms with van der Waals surface area (Å²) >= 11 is 13.5. The van der Waals surface area contributed by atoms with Gasteiger partial charge in [-0.15, -0.1) is 0 Å². The van der Waals surface area contributed by atoms with Crippen molar-refractivity contribution in [3.05, 3.63) is 64.8 Å². The predicted octanol–water partition coefficient (Wildman–Crippen LogP) is 7.37. The number of rotatable bonds is 14. The van der Waals surface area contributed by atoms with Crippen molar-refractivity contribution in [1.29, 1.82) is 0 Å². The van der Waals surface area contributed by atoms with Crippen LogP contribution in [0.4, 0.5) is 46.8 Å². The number of nitrogens with one attached hydrogen (secondary N) is 2. The number of carboxylic acid groups (broad SMARTS) is 1. The molecular formula is C33H38Cl2F3N7O6. The number of nitrogens with zero attached hydrogens (tertiary/aromatic N) is 5. The smallest absolute Gasteiger partial charge is 0.490 e. The van der Waals surface area contributed by atoms with E-state index in [-0.39, 0.29) is 28.2 Å². The van der Waals surface area contributed by atoms with Crippen LogP contribution in [0.3, 0.4) is 0 Å². The molecule has 51 heavy (non-hydrogen) atoms. The number of urea groups is 1. The molecule has 3 amide bonds. The summed E-state index contributed by atoms with van der Waals surface area (Å²) in [5.41, 5.74) is 1.79. The van der Waals surface area contributed by atoms with Gasteiger partial charge in [-0.2, -0.15) is 18.2 Å². The van der Waals surface area contributed by atoms with Gasteiger partial charge in [-0.3, -0.25) is 9.69 Å². The van der Waals surface area contributed by atoms with Crippen LogP contribution in [0.2, 0.25) is 10.0 Å². The van der Waals surface area contributed by atoms with E-state index in [2.05, 4.69) is 40.9 Å². The van der Waals surface area contributed by atoms with Crippen molar-refractivity contribution in [2.45, 2.75) is 39.4 Å². The number of alkyl halides is 3. The summed E-state index contributed by atoms with van der Waals surface area (Å²) in [5.74, 6) is -1.77. The van der Waals surface area contributed by atoms with E-state index >= 15 is 0 Å². The second-order valence-corrected chi connectivity index (χ2v) is 11.5. The van der Waals surface area contributed by atoms with Crippen LogP contribution in [0.5, 0.6) is 11.5 Å². The fourth-order valence-electron chi connectivity index (χ4n) is 4.87. The highest BCUT2D eigenvalue weighted by molar-refractivity contribution is 6.42. The molecule has 0 aliphatic carbocycles. The lowest BCUT2D eigenvalue weighted by molar-refractivity contribution is -0.192. The average Bonchev–Trinajstić information content (AvgIpc) is 3.10. The Balaban J connectivity index is 0.000000908. The highest BCUT2D eigenvalue weighted by Gasteiger charge is 2.39. The van der Waals surface area contributed by atoms with Gasteiger partial charge in [0.15, 0.2) is 5.82 Å². The first-order valence-corrected chi connectivity index (χ1v) is 16.3. The maximum absolute atomic E-state index is 14.4. The monoisotopic (exact) mass is 755 g/mol. The number of methoxy groups -OCH3 is 2. The van der Waals surface area contributed by atoms with Crippen LogP contribution < -0.4 is 29.9 Å². The number of unbranched alkanes of at least 4 members (excludes halogenated alkanes) is 1. The molecule has 2 heterocycles. The van der Waals surface area contributed by atoms with Gasteiger partial charge in [0.25, 0.3) is 0 Å². The van der Waals surface area contributed by atoms with Gasteiger partial charge in [0, 0.05) is 30.1 Å². The molecule has 4 rings (SSSR count). The third-order valence-electron chi connectivity index (χ3n) is 7.50. The van der Waals surface area contributed by atoms with E-state index in [1.807, 2.05) is 0 Å². The first-order chi connectivity index (χ1) is 24.2. The largest absolute Gasteiger partial charge is 0.495 e. The van der Waals surface area contributed by atoms with Crippen molar-refractivity contribution in [1.82, 2.24) is 14.9 Å². The van der Waals surface area contributed by atoms with Crippen LogP contribution in [0.25, 0.3) is 0 Å². The van der Waals surface area contributed by atoms with E-state index < -0.39 is 18.2 Å². The standard InChI is InChI=1S/C31H37Cl2N7O4.C2HF3O2/c1-6-25(41)36-21-12-11-13-22(16-21)40-29-20(18-35-30(37-29)34-14-9-10-15-38(7-2)8-3)19-39(31(40)42)28-26(32)23(43-4)17-24(44-5)27(28)33;3-2(4,5)1(6)7/h6,11-13,16-18H,1,7-10,14-15,19H2,2-5H3,(H,36,41)(H,34,35,37);(H,6,7). The second kappa shape index (κ2) is 18.4. The first-order valence-electron chi connectivity index (χ1n) is 15.6. The number of hydrogen-bond donors (Lipinski definition) is 3. The highest BCUT2D eigenvalue weighted by atomic mass is 35.5. The van der Waals surface area contributed by atoms with Gasteiger partial charge in [0.05, 0.1) is 32.1 Å². The normalized spacial score (nSPS) is 12.5. The van der Waals surface area contributed by atoms with Crippen molar-refractivity contribution in [2.24, 2.45) is 0 Å². The van der Waals surface area contributed by atoms with Gasteiger partial charge < -0.3 is 30.1 Å². The molecule has 1 aliphatic rings. The highest BCUT2D eigenvalue weighted by Crippen LogP contribution is 2.48. The molecule has 0 atom stereocenters. The van der Waals surface area contributed by atoms with Gasteiger partial charge in [-0.05, 0) is 56.8 Å². The maximum Gasteiger partial charge on any atom is 0.490 e. The molecular weight excluding hydrogens is 718 g/mol. The minimum atomic E-state index is -5.08. The zero-order valence-corrected chi connectivity index (χ0v) is 29.8. The molecule has 0 radical (unpaired) electrons. The van der Waals surface area contributed by atoms with Gasteiger partial charge >= 0.3 is 18.2 Å². The van der Waals surface area contributed by atoms with Gasteiger partial charge in [0.1, 0.15) is 21.5 Å². The molecule has 13 nitrogen and oxygen atoms in total. The minimum Gasteiger partial charge on any atom is -0.495 e. The number of anilines is 5. The summed E-state index contributed by atoms with van der Waals surface area (Å²) in [7, 11) is 2.93. The number of fused-ring (bicyclic) bond motifs is 1. The molecule has 0 saturated heterocycles. The van der Waals surface area contributed by atoms with Crippen molar-refractivity contribution in [2.75, 3.05) is 60.8 Å². The fourth-order valence-corrected chi connectivity index (χ4v) is 5.58. The Morgan fingerprint density at radius 1 is 1.10 bits per heavy atom. The molecule has 276 valence electrons. The summed E-state index contributed by atoms with van der Waals surface area (Å²) in [6.07, 6.45) is -0.264. The van der Waals surface area contributed by atoms with E-state index in [1.165, 1.54) is 30.1 Å². The Hall–Kier alpha value is -4.80. The Labute approximate surface area is 302 Å². The number of benzene rings is 2. The van der Waals surface area contributed by atoms with E-state index in [9.17, 15) is 22.8 Å². The van der Waals surface area contributed by atoms with Crippen molar-refractivity contribution >= 4 is 69.9 Å².